The van der Waals surface area contributed by atoms with Crippen molar-refractivity contribution in [2.75, 3.05) is 31.6 Å². The van der Waals surface area contributed by atoms with Crippen molar-refractivity contribution in [3.63, 3.8) is 0 Å². The molecule has 3 heterocycles. The van der Waals surface area contributed by atoms with Crippen LogP contribution in [0.1, 0.15) is 30.5 Å². The van der Waals surface area contributed by atoms with Crippen molar-refractivity contribution < 1.29 is 18.4 Å². The third-order valence-corrected chi connectivity index (χ3v) is 5.67. The zero-order valence-electron chi connectivity index (χ0n) is 14.9. The summed E-state index contributed by atoms with van der Waals surface area (Å²) in [7, 11) is 0. The molecular formula is C18H20ClFN4O3. The Labute approximate surface area is 160 Å². The van der Waals surface area contributed by atoms with Gasteiger partial charge in [-0.3, -0.25) is 0 Å². The summed E-state index contributed by atoms with van der Waals surface area (Å²) in [4.78, 5) is 18.9. The Bertz CT molecular complexity index is 853. The summed E-state index contributed by atoms with van der Waals surface area (Å²) in [6.45, 7) is 3.99. The van der Waals surface area contributed by atoms with E-state index in [0.717, 1.165) is 12.8 Å². The van der Waals surface area contributed by atoms with Crippen LogP contribution in [0.15, 0.2) is 22.7 Å². The predicted molar refractivity (Wildman–Crippen MR) is 96.3 cm³/mol. The number of nitrogens with one attached hydrogen (secondary N) is 1. The number of aryl methyl sites for hydroxylation is 1. The molecule has 1 aromatic heterocycles. The van der Waals surface area contributed by atoms with Gasteiger partial charge in [-0.25, -0.2) is 9.18 Å². The Kier molecular flexibility index (Phi) is 4.77. The lowest BCUT2D eigenvalue weighted by Gasteiger charge is -2.36. The highest BCUT2D eigenvalue weighted by Crippen LogP contribution is 2.49. The maximum atomic E-state index is 14.0. The van der Waals surface area contributed by atoms with E-state index in [2.05, 4.69) is 15.5 Å². The average Bonchev–Trinajstić information content (AvgIpc) is 3.22. The van der Waals surface area contributed by atoms with Gasteiger partial charge in [0.1, 0.15) is 5.82 Å². The number of benzene rings is 1. The van der Waals surface area contributed by atoms with Gasteiger partial charge in [0.05, 0.1) is 11.6 Å². The van der Waals surface area contributed by atoms with E-state index in [4.69, 9.17) is 20.9 Å². The van der Waals surface area contributed by atoms with Crippen LogP contribution in [0.5, 0.6) is 0 Å². The molecule has 2 aliphatic heterocycles. The SMILES string of the molecule is Cc1noc([C@H]2CN(C(=O)Nc3ccc(Cl)cc3F)CC23CCOCC3)n1. The number of aromatic nitrogens is 2. The summed E-state index contributed by atoms with van der Waals surface area (Å²) in [5, 5.41) is 6.81. The van der Waals surface area contributed by atoms with Gasteiger partial charge in [-0.1, -0.05) is 16.8 Å². The van der Waals surface area contributed by atoms with Crippen LogP contribution >= 0.6 is 11.6 Å². The van der Waals surface area contributed by atoms with E-state index >= 15 is 0 Å². The van der Waals surface area contributed by atoms with Crippen molar-refractivity contribution in [3.8, 4) is 0 Å². The molecule has 1 atom stereocenters. The van der Waals surface area contributed by atoms with Crippen LogP contribution in [0.3, 0.4) is 0 Å². The molecule has 9 heteroatoms. The number of carbonyl (C=O) groups is 1. The Hall–Kier alpha value is -2.19. The largest absolute Gasteiger partial charge is 0.381 e. The molecule has 1 aromatic carbocycles. The lowest BCUT2D eigenvalue weighted by atomic mass is 9.72. The lowest BCUT2D eigenvalue weighted by Crippen LogP contribution is -2.38. The molecular weight excluding hydrogens is 375 g/mol. The second-order valence-electron chi connectivity index (χ2n) is 7.14. The molecule has 1 N–H and O–H groups in total. The number of nitrogens with zero attached hydrogens (tertiary/aromatic N) is 3. The van der Waals surface area contributed by atoms with E-state index in [1.807, 2.05) is 0 Å². The Morgan fingerprint density at radius 2 is 2.19 bits per heavy atom. The van der Waals surface area contributed by atoms with E-state index < -0.39 is 5.82 Å². The van der Waals surface area contributed by atoms with E-state index in [1.54, 1.807) is 11.8 Å². The number of likely N-dealkylation sites (tertiary alicyclic amines) is 1. The fourth-order valence-corrected chi connectivity index (χ4v) is 4.15. The first-order valence-corrected chi connectivity index (χ1v) is 9.24. The Morgan fingerprint density at radius 3 is 2.85 bits per heavy atom. The van der Waals surface area contributed by atoms with Crippen molar-refractivity contribution in [3.05, 3.63) is 40.8 Å². The quantitative estimate of drug-likeness (QED) is 0.841. The number of hydrogen-bond acceptors (Lipinski definition) is 5. The third kappa shape index (κ3) is 3.51. The highest BCUT2D eigenvalue weighted by molar-refractivity contribution is 6.30. The lowest BCUT2D eigenvalue weighted by molar-refractivity contribution is 0.00959. The monoisotopic (exact) mass is 394 g/mol. The molecule has 2 fully saturated rings. The zero-order valence-corrected chi connectivity index (χ0v) is 15.6. The Balaban J connectivity index is 1.56. The van der Waals surface area contributed by atoms with E-state index in [1.165, 1.54) is 18.2 Å². The standard InChI is InChI=1S/C18H20ClFN4O3/c1-11-21-16(27-23-11)13-9-24(10-18(13)4-6-26-7-5-18)17(25)22-15-3-2-12(19)8-14(15)20/h2-3,8,13H,4-7,9-10H2,1H3,(H,22,25)/t13-/m1/s1. The molecule has 0 saturated carbocycles. The Morgan fingerprint density at radius 1 is 1.41 bits per heavy atom. The molecule has 2 saturated heterocycles. The summed E-state index contributed by atoms with van der Waals surface area (Å²) in [5.41, 5.74) is -0.0740. The van der Waals surface area contributed by atoms with Crippen LogP contribution in [0.4, 0.5) is 14.9 Å². The molecule has 2 aromatic rings. The van der Waals surface area contributed by atoms with Crippen molar-refractivity contribution >= 4 is 23.3 Å². The maximum Gasteiger partial charge on any atom is 0.321 e. The topological polar surface area (TPSA) is 80.5 Å². The van der Waals surface area contributed by atoms with Crippen molar-refractivity contribution in [1.82, 2.24) is 15.0 Å². The van der Waals surface area contributed by atoms with E-state index in [9.17, 15) is 9.18 Å². The van der Waals surface area contributed by atoms with Crippen molar-refractivity contribution in [1.29, 1.82) is 0 Å². The molecule has 0 unspecified atom stereocenters. The van der Waals surface area contributed by atoms with Crippen LogP contribution in [0.2, 0.25) is 5.02 Å². The molecule has 0 bridgehead atoms. The zero-order chi connectivity index (χ0) is 19.0. The van der Waals surface area contributed by atoms with Crippen LogP contribution in [-0.2, 0) is 4.74 Å². The summed E-state index contributed by atoms with van der Waals surface area (Å²) in [5.74, 6) is 0.476. The number of hydrogen-bond donors (Lipinski definition) is 1. The number of carbonyl (C=O) groups excluding carboxylic acids is 1. The summed E-state index contributed by atoms with van der Waals surface area (Å²) in [6.07, 6.45) is 1.61. The fraction of sp³-hybridized carbons (Fsp3) is 0.500. The van der Waals surface area contributed by atoms with Crippen molar-refractivity contribution in [2.24, 2.45) is 5.41 Å². The van der Waals surface area contributed by atoms with E-state index in [-0.39, 0.29) is 28.1 Å². The minimum atomic E-state index is -0.570. The summed E-state index contributed by atoms with van der Waals surface area (Å²) >= 11 is 5.77. The minimum Gasteiger partial charge on any atom is -0.381 e. The molecule has 0 radical (unpaired) electrons. The number of halogens is 2. The third-order valence-electron chi connectivity index (χ3n) is 5.44. The van der Waals surface area contributed by atoms with Crippen LogP contribution in [0.25, 0.3) is 0 Å². The number of rotatable bonds is 2. The molecule has 0 aliphatic carbocycles. The highest BCUT2D eigenvalue weighted by atomic mass is 35.5. The predicted octanol–water partition coefficient (Wildman–Crippen LogP) is 3.60. The van der Waals surface area contributed by atoms with E-state index in [0.29, 0.717) is 38.0 Å². The number of anilines is 1. The second-order valence-corrected chi connectivity index (χ2v) is 7.58. The minimum absolute atomic E-state index is 0.0663. The first-order valence-electron chi connectivity index (χ1n) is 8.86. The molecule has 2 aliphatic rings. The molecule has 27 heavy (non-hydrogen) atoms. The van der Waals surface area contributed by atoms with Gasteiger partial charge in [0.2, 0.25) is 5.89 Å². The number of urea groups is 1. The normalized spacial score (nSPS) is 21.6. The van der Waals surface area contributed by atoms with Crippen LogP contribution in [-0.4, -0.2) is 47.4 Å². The fourth-order valence-electron chi connectivity index (χ4n) is 3.99. The van der Waals surface area contributed by atoms with Gasteiger partial charge in [-0.05, 0) is 38.0 Å². The first-order chi connectivity index (χ1) is 13.0. The number of ether oxygens (including phenoxy) is 1. The molecule has 144 valence electrons. The van der Waals surface area contributed by atoms with Crippen LogP contribution in [0, 0.1) is 18.2 Å². The molecule has 1 spiro atoms. The highest BCUT2D eigenvalue weighted by Gasteiger charge is 2.51. The van der Waals surface area contributed by atoms with Gasteiger partial charge in [0.25, 0.3) is 0 Å². The van der Waals surface area contributed by atoms with Gasteiger partial charge in [-0.2, -0.15) is 4.98 Å². The average molecular weight is 395 g/mol. The van der Waals surface area contributed by atoms with Crippen LogP contribution < -0.4 is 5.32 Å². The number of amides is 2. The molecule has 2 amide bonds. The van der Waals surface area contributed by atoms with Gasteiger partial charge < -0.3 is 19.5 Å². The smallest absolute Gasteiger partial charge is 0.321 e. The van der Waals surface area contributed by atoms with Gasteiger partial charge >= 0.3 is 6.03 Å². The first kappa shape index (κ1) is 18.2. The molecule has 7 nitrogen and oxygen atoms in total. The molecule has 4 rings (SSSR count). The maximum absolute atomic E-state index is 14.0. The van der Waals surface area contributed by atoms with Gasteiger partial charge in [0, 0.05) is 36.7 Å². The van der Waals surface area contributed by atoms with Crippen molar-refractivity contribution in [2.45, 2.75) is 25.7 Å². The summed E-state index contributed by atoms with van der Waals surface area (Å²) < 4.78 is 25.0. The van der Waals surface area contributed by atoms with Gasteiger partial charge in [0.15, 0.2) is 5.82 Å². The van der Waals surface area contributed by atoms with Gasteiger partial charge in [-0.15, -0.1) is 0 Å². The second kappa shape index (κ2) is 7.09. The summed E-state index contributed by atoms with van der Waals surface area (Å²) in [6, 6.07) is 3.80.